The summed E-state index contributed by atoms with van der Waals surface area (Å²) in [4.78, 5) is 33.3. The Morgan fingerprint density at radius 1 is 1.06 bits per heavy atom. The molecule has 0 spiro atoms. The number of fused-ring (bicyclic) bond motifs is 2. The molecule has 9 nitrogen and oxygen atoms in total. The molecule has 0 atom stereocenters. The van der Waals surface area contributed by atoms with E-state index in [-0.39, 0.29) is 36.8 Å². The molecule has 3 aromatic carbocycles. The Labute approximate surface area is 290 Å². The number of hydrogen-bond acceptors (Lipinski definition) is 7. The smallest absolute Gasteiger partial charge is 0.503 e. The Bertz CT molecular complexity index is 1920. The van der Waals surface area contributed by atoms with Crippen molar-refractivity contribution in [1.82, 2.24) is 14.9 Å². The van der Waals surface area contributed by atoms with Crippen LogP contribution >= 0.6 is 0 Å². The second kappa shape index (κ2) is 16.7. The van der Waals surface area contributed by atoms with Gasteiger partial charge in [-0.2, -0.15) is 6.07 Å². The number of rotatable bonds is 8. The summed E-state index contributed by atoms with van der Waals surface area (Å²) in [6.45, 7) is 5.39. The zero-order valence-electron chi connectivity index (χ0n) is 25.1. The Morgan fingerprint density at radius 2 is 1.85 bits per heavy atom. The van der Waals surface area contributed by atoms with Crippen LogP contribution in [0, 0.1) is 66.5 Å². The standard InChI is InChI=1S/C17H21N2O3.C16H7F4N2O2.U/c1-20-16-12-14-4-2-5-18-15(14)13-17(16)22-9-3-6-19-7-10-21-11-8-19;17-7-2-1-3-8(4-7)22-16(24)10-6-21-14-9(15(10)23)5-11(18)12(19)13(14)20;/h2,5,12-13H,3,6-11H2,1H3;1,3-6H,(H,21,23)(H,22,24);/q2*-1;+2. The number of morpholine rings is 1. The molecule has 1 saturated heterocycles. The Kier molecular flexibility index (Phi) is 12.8. The zero-order valence-corrected chi connectivity index (χ0v) is 29.3. The molecule has 5 aromatic rings. The summed E-state index contributed by atoms with van der Waals surface area (Å²) in [6, 6.07) is 15.0. The molecule has 2 aromatic heterocycles. The maximum absolute atomic E-state index is 13.6. The number of H-pyrrole nitrogens is 1. The van der Waals surface area contributed by atoms with E-state index in [0.717, 1.165) is 73.9 Å². The number of pyridine rings is 2. The van der Waals surface area contributed by atoms with Gasteiger partial charge in [-0.25, -0.2) is 17.6 Å². The first kappa shape index (κ1) is 35.9. The van der Waals surface area contributed by atoms with Gasteiger partial charge in [-0.3, -0.25) is 14.5 Å². The Morgan fingerprint density at radius 3 is 2.60 bits per heavy atom. The zero-order chi connectivity index (χ0) is 32.6. The number of carbonyl (C=O) groups is 1. The number of nitrogens with one attached hydrogen (secondary N) is 2. The number of carbonyl (C=O) groups excluding carboxylic acids is 1. The summed E-state index contributed by atoms with van der Waals surface area (Å²) in [5, 5.41) is 2.67. The number of amides is 1. The van der Waals surface area contributed by atoms with E-state index >= 15 is 0 Å². The first-order valence-electron chi connectivity index (χ1n) is 14.2. The average molecular weight is 875 g/mol. The van der Waals surface area contributed by atoms with Gasteiger partial charge in [0.25, 0.3) is 5.91 Å². The van der Waals surface area contributed by atoms with E-state index in [1.165, 1.54) is 12.1 Å². The molecule has 1 fully saturated rings. The van der Waals surface area contributed by atoms with Gasteiger partial charge in [0.05, 0.1) is 37.8 Å². The van der Waals surface area contributed by atoms with Gasteiger partial charge in [-0.1, -0.05) is 18.0 Å². The summed E-state index contributed by atoms with van der Waals surface area (Å²) in [5.74, 6) is -5.02. The number of benzene rings is 3. The number of halogens is 4. The largest absolute Gasteiger partial charge is 2.00 e. The van der Waals surface area contributed by atoms with Crippen molar-refractivity contribution >= 4 is 33.4 Å². The predicted octanol–water partition coefficient (Wildman–Crippen LogP) is 5.28. The molecule has 1 aliphatic rings. The first-order valence-corrected chi connectivity index (χ1v) is 14.2. The third-order valence-corrected chi connectivity index (χ3v) is 7.07. The maximum Gasteiger partial charge on any atom is 2.00 e. The summed E-state index contributed by atoms with van der Waals surface area (Å²) >= 11 is 0. The van der Waals surface area contributed by atoms with Gasteiger partial charge in [0.15, 0.2) is 17.5 Å². The molecular formula is C33H28F4N4O5U. The molecule has 242 valence electrons. The van der Waals surface area contributed by atoms with Gasteiger partial charge in [0, 0.05) is 31.6 Å². The van der Waals surface area contributed by atoms with E-state index in [1.54, 1.807) is 19.4 Å². The van der Waals surface area contributed by atoms with Crippen LogP contribution < -0.4 is 20.2 Å². The SMILES string of the molecule is COc1cc2[c-]ccnc2cc1OCCCN1CCOCC1.O=C(Nc1cc[c-]c(F)c1)c1c[nH]c2c(F)c(F)c(F)cc2c1=O.[U+2]. The number of methoxy groups -OCH3 is 1. The fourth-order valence-electron chi connectivity index (χ4n) is 4.74. The quantitative estimate of drug-likeness (QED) is 0.0947. The molecule has 0 bridgehead atoms. The van der Waals surface area contributed by atoms with Gasteiger partial charge >= 0.3 is 31.1 Å². The third kappa shape index (κ3) is 8.90. The number of aromatic amines is 1. The minimum absolute atomic E-state index is 0. The van der Waals surface area contributed by atoms with Crippen LogP contribution in [0.3, 0.4) is 0 Å². The third-order valence-electron chi connectivity index (χ3n) is 7.07. The minimum atomic E-state index is -1.73. The topological polar surface area (TPSA) is 106 Å². The van der Waals surface area contributed by atoms with Crippen molar-refractivity contribution in [3.8, 4) is 11.5 Å². The van der Waals surface area contributed by atoms with E-state index in [1.807, 2.05) is 12.1 Å². The molecule has 6 rings (SSSR count). The molecular weight excluding hydrogens is 846 g/mol. The van der Waals surface area contributed by atoms with Crippen molar-refractivity contribution in [1.29, 1.82) is 0 Å². The molecule has 47 heavy (non-hydrogen) atoms. The van der Waals surface area contributed by atoms with Crippen LogP contribution in [0.4, 0.5) is 23.2 Å². The van der Waals surface area contributed by atoms with Gasteiger partial charge in [-0.05, 0) is 24.1 Å². The summed E-state index contributed by atoms with van der Waals surface area (Å²) < 4.78 is 69.8. The normalized spacial score (nSPS) is 13.0. The van der Waals surface area contributed by atoms with E-state index in [2.05, 4.69) is 32.3 Å². The second-order valence-corrected chi connectivity index (χ2v) is 10.1. The number of hydrogen-bond donors (Lipinski definition) is 2. The molecule has 1 aliphatic heterocycles. The maximum atomic E-state index is 13.6. The second-order valence-electron chi connectivity index (χ2n) is 10.1. The van der Waals surface area contributed by atoms with E-state index in [0.29, 0.717) is 12.7 Å². The first-order chi connectivity index (χ1) is 22.2. The van der Waals surface area contributed by atoms with Crippen LogP contribution in [0.2, 0.25) is 0 Å². The summed E-state index contributed by atoms with van der Waals surface area (Å²) in [7, 11) is 1.65. The molecule has 0 saturated carbocycles. The van der Waals surface area contributed by atoms with Crippen LogP contribution in [-0.2, 0) is 4.74 Å². The molecule has 14 heteroatoms. The van der Waals surface area contributed by atoms with Crippen LogP contribution in [0.15, 0.2) is 59.7 Å². The van der Waals surface area contributed by atoms with Gasteiger partial charge in [0.2, 0.25) is 5.43 Å². The van der Waals surface area contributed by atoms with Crippen LogP contribution in [-0.4, -0.2) is 67.3 Å². The van der Waals surface area contributed by atoms with E-state index < -0.39 is 51.1 Å². The van der Waals surface area contributed by atoms with Crippen LogP contribution in [0.1, 0.15) is 16.8 Å². The predicted molar refractivity (Wildman–Crippen MR) is 162 cm³/mol. The van der Waals surface area contributed by atoms with E-state index in [4.69, 9.17) is 14.2 Å². The molecule has 3 heterocycles. The average Bonchev–Trinajstić information content (AvgIpc) is 3.06. The molecule has 2 N–H and O–H groups in total. The fourth-order valence-corrected chi connectivity index (χ4v) is 4.74. The molecule has 0 unspecified atom stereocenters. The summed E-state index contributed by atoms with van der Waals surface area (Å²) in [6.07, 6.45) is 3.58. The van der Waals surface area contributed by atoms with Crippen molar-refractivity contribution in [3.63, 3.8) is 0 Å². The Balaban J connectivity index is 0.000000209. The number of anilines is 1. The molecule has 0 radical (unpaired) electrons. The van der Waals surface area contributed by atoms with Crippen molar-refractivity contribution in [2.75, 3.05) is 51.9 Å². The van der Waals surface area contributed by atoms with Crippen molar-refractivity contribution < 1.29 is 67.7 Å². The van der Waals surface area contributed by atoms with Gasteiger partial charge in [0.1, 0.15) is 17.1 Å². The molecule has 0 aliphatic carbocycles. The van der Waals surface area contributed by atoms with Crippen molar-refractivity contribution in [3.05, 3.63) is 106 Å². The van der Waals surface area contributed by atoms with Crippen LogP contribution in [0.25, 0.3) is 21.8 Å². The van der Waals surface area contributed by atoms with E-state index in [9.17, 15) is 27.2 Å². The van der Waals surface area contributed by atoms with Gasteiger partial charge in [-0.15, -0.1) is 35.7 Å². The number of aromatic nitrogens is 2. The van der Waals surface area contributed by atoms with Crippen LogP contribution in [0.5, 0.6) is 11.5 Å². The monoisotopic (exact) mass is 874 g/mol. The number of nitrogens with zero attached hydrogens (tertiary/aromatic N) is 2. The van der Waals surface area contributed by atoms with Crippen molar-refractivity contribution in [2.45, 2.75) is 6.42 Å². The number of ether oxygens (including phenoxy) is 3. The summed E-state index contributed by atoms with van der Waals surface area (Å²) in [5.41, 5.74) is -1.10. The fraction of sp³-hybridized carbons (Fsp3) is 0.242. The molecule has 1 amide bonds. The van der Waals surface area contributed by atoms with Crippen molar-refractivity contribution in [2.24, 2.45) is 0 Å². The Hall–Kier alpha value is -3.96. The van der Waals surface area contributed by atoms with Gasteiger partial charge < -0.3 is 29.5 Å². The minimum Gasteiger partial charge on any atom is -0.503 e.